The van der Waals surface area contributed by atoms with Gasteiger partial charge in [0.25, 0.3) is 0 Å². The zero-order valence-electron chi connectivity index (χ0n) is 21.6. The second kappa shape index (κ2) is 9.35. The van der Waals surface area contributed by atoms with E-state index in [1.165, 1.54) is 64.3 Å². The van der Waals surface area contributed by atoms with Gasteiger partial charge in [0, 0.05) is 26.6 Å². The Balaban J connectivity index is 1.29. The number of benzene rings is 6. The molecule has 1 aliphatic rings. The minimum absolute atomic E-state index is 1.20. The van der Waals surface area contributed by atoms with Gasteiger partial charge in [-0.15, -0.1) is 0 Å². The van der Waals surface area contributed by atoms with Crippen LogP contribution in [0.5, 0.6) is 0 Å². The Labute approximate surface area is 243 Å². The average Bonchev–Trinajstić information content (AvgIpc) is 3.37. The molecule has 0 spiro atoms. The summed E-state index contributed by atoms with van der Waals surface area (Å²) >= 11 is 8.49. The van der Waals surface area contributed by atoms with Gasteiger partial charge in [-0.3, -0.25) is 0 Å². The summed E-state index contributed by atoms with van der Waals surface area (Å²) in [6, 6.07) is 50.3. The van der Waals surface area contributed by atoms with Gasteiger partial charge in [-0.1, -0.05) is 139 Å². The highest BCUT2D eigenvalue weighted by molar-refractivity contribution is 8.25. The molecule has 1 aliphatic heterocycles. The molecule has 0 aliphatic carbocycles. The summed E-state index contributed by atoms with van der Waals surface area (Å²) in [7, 11) is 0. The Hall–Kier alpha value is -3.88. The Morgan fingerprint density at radius 2 is 1.12 bits per heavy atom. The topological polar surface area (TPSA) is 4.93 Å². The molecule has 1 aromatic heterocycles. The molecule has 4 heteroatoms. The fourth-order valence-corrected chi connectivity index (χ4v) is 10.9. The Kier molecular flexibility index (Phi) is 5.60. The largest absolute Gasteiger partial charge is 0.307 e. The number of para-hydroxylation sites is 2. The smallest absolute Gasteiger partial charge is 0.0681 e. The highest BCUT2D eigenvalue weighted by Crippen LogP contribution is 2.48. The third kappa shape index (κ3) is 3.59. The van der Waals surface area contributed by atoms with E-state index in [-0.39, 0.29) is 0 Å². The normalized spacial score (nSPS) is 12.5. The molecule has 0 amide bonds. The molecular weight excluding hydrogens is 542 g/mol. The van der Waals surface area contributed by atoms with Crippen LogP contribution in [0.1, 0.15) is 0 Å². The molecule has 0 radical (unpaired) electrons. The number of fused-ring (bicyclic) bond motifs is 5. The number of aromatic nitrogens is 1. The van der Waals surface area contributed by atoms with Gasteiger partial charge in [-0.05, 0) is 57.4 Å². The summed E-state index contributed by atoms with van der Waals surface area (Å²) in [6.45, 7) is 0. The van der Waals surface area contributed by atoms with E-state index in [4.69, 9.17) is 11.8 Å². The van der Waals surface area contributed by atoms with Crippen molar-refractivity contribution >= 4 is 67.3 Å². The van der Waals surface area contributed by atoms with Crippen molar-refractivity contribution in [2.45, 2.75) is 9.79 Å². The highest BCUT2D eigenvalue weighted by Gasteiger charge is 2.26. The fourth-order valence-electron chi connectivity index (χ4n) is 6.00. The minimum atomic E-state index is -2.22. The molecule has 6 aromatic carbocycles. The van der Waals surface area contributed by atoms with Gasteiger partial charge < -0.3 is 4.57 Å². The molecular formula is C36H24NPS2. The van der Waals surface area contributed by atoms with Gasteiger partial charge in [0.05, 0.1) is 16.7 Å². The van der Waals surface area contributed by atoms with E-state index in [0.717, 1.165) is 0 Å². The zero-order valence-corrected chi connectivity index (χ0v) is 24.1. The zero-order chi connectivity index (χ0) is 26.7. The van der Waals surface area contributed by atoms with Crippen LogP contribution in [0.2, 0.25) is 0 Å². The Morgan fingerprint density at radius 3 is 1.90 bits per heavy atom. The van der Waals surface area contributed by atoms with Crippen molar-refractivity contribution in [1.29, 1.82) is 0 Å². The molecule has 0 fully saturated rings. The molecule has 2 heterocycles. The van der Waals surface area contributed by atoms with Crippen LogP contribution in [0.25, 0.3) is 38.6 Å². The molecule has 0 N–H and O–H groups in total. The Bertz CT molecular complexity index is 2070. The van der Waals surface area contributed by atoms with Crippen LogP contribution in [-0.4, -0.2) is 4.57 Å². The van der Waals surface area contributed by atoms with Gasteiger partial charge in [0.1, 0.15) is 0 Å². The molecule has 0 unspecified atom stereocenters. The first-order valence-electron chi connectivity index (χ1n) is 13.4. The molecule has 7 aromatic rings. The van der Waals surface area contributed by atoms with Gasteiger partial charge in [0.15, 0.2) is 0 Å². The Morgan fingerprint density at radius 1 is 0.500 bits per heavy atom. The molecule has 0 saturated carbocycles. The van der Waals surface area contributed by atoms with E-state index in [1.54, 1.807) is 0 Å². The number of nitrogens with zero attached hydrogens (tertiary/aromatic N) is 1. The molecule has 0 atom stereocenters. The summed E-state index contributed by atoms with van der Waals surface area (Å²) < 4.78 is 2.44. The number of hydrogen-bond donors (Lipinski definition) is 0. The van der Waals surface area contributed by atoms with Crippen LogP contribution in [0.15, 0.2) is 155 Å². The lowest BCUT2D eigenvalue weighted by Crippen LogP contribution is -2.24. The lowest BCUT2D eigenvalue weighted by Gasteiger charge is -2.25. The minimum Gasteiger partial charge on any atom is -0.307 e. The highest BCUT2D eigenvalue weighted by atomic mass is 32.4. The van der Waals surface area contributed by atoms with Crippen molar-refractivity contribution in [2.75, 3.05) is 0 Å². The average molecular weight is 566 g/mol. The summed E-state index contributed by atoms with van der Waals surface area (Å²) in [5, 5.41) is 6.27. The maximum Gasteiger partial charge on any atom is 0.0681 e. The van der Waals surface area contributed by atoms with Crippen LogP contribution in [0.3, 0.4) is 0 Å². The summed E-state index contributed by atoms with van der Waals surface area (Å²) in [6.07, 6.45) is 0. The van der Waals surface area contributed by atoms with Crippen LogP contribution in [0, 0.1) is 0 Å². The van der Waals surface area contributed by atoms with Crippen LogP contribution in [0.4, 0.5) is 0 Å². The molecule has 0 saturated heterocycles. The second-order valence-electron chi connectivity index (χ2n) is 10.1. The first-order valence-corrected chi connectivity index (χ1v) is 17.0. The predicted octanol–water partition coefficient (Wildman–Crippen LogP) is 8.67. The number of hydrogen-bond acceptors (Lipinski definition) is 2. The predicted molar refractivity (Wildman–Crippen MR) is 176 cm³/mol. The van der Waals surface area contributed by atoms with Gasteiger partial charge in [-0.25, -0.2) is 0 Å². The van der Waals surface area contributed by atoms with Gasteiger partial charge in [0.2, 0.25) is 0 Å². The maximum atomic E-state index is 6.63. The monoisotopic (exact) mass is 565 g/mol. The number of rotatable bonds is 4. The summed E-state index contributed by atoms with van der Waals surface area (Å²) in [5.74, 6) is 0. The third-order valence-corrected chi connectivity index (χ3v) is 13.9. The van der Waals surface area contributed by atoms with Gasteiger partial charge >= 0.3 is 0 Å². The molecule has 1 nitrogen and oxygen atoms in total. The van der Waals surface area contributed by atoms with Crippen molar-refractivity contribution in [3.8, 4) is 16.8 Å². The molecule has 8 rings (SSSR count). The van der Waals surface area contributed by atoms with E-state index >= 15 is 0 Å². The van der Waals surface area contributed by atoms with E-state index in [2.05, 4.69) is 150 Å². The van der Waals surface area contributed by atoms with Crippen molar-refractivity contribution in [2.24, 2.45) is 0 Å². The van der Waals surface area contributed by atoms with Crippen LogP contribution in [-0.2, 0) is 11.8 Å². The van der Waals surface area contributed by atoms with Crippen LogP contribution >= 0.6 is 17.8 Å². The lowest BCUT2D eigenvalue weighted by atomic mass is 10.1. The van der Waals surface area contributed by atoms with Crippen molar-refractivity contribution in [3.63, 3.8) is 0 Å². The second-order valence-corrected chi connectivity index (χ2v) is 15.6. The summed E-state index contributed by atoms with van der Waals surface area (Å²) in [5.41, 5.74) is 6.22. The third-order valence-electron chi connectivity index (χ3n) is 7.86. The standard InChI is InChI=1S/C36H24NPS2/c39-38(27-12-3-1-4-13-27,28-14-5-2-6-15-28)29-16-9-11-25(23-29)26-21-22-33-35(24-26)40-34-20-10-18-31-30-17-7-8-19-32(30)37(33)36(31)34/h1-24H. The molecule has 0 bridgehead atoms. The van der Waals surface area contributed by atoms with Crippen molar-refractivity contribution in [3.05, 3.63) is 146 Å². The fraction of sp³-hybridized carbons (Fsp3) is 0. The van der Waals surface area contributed by atoms with Crippen molar-refractivity contribution < 1.29 is 0 Å². The SMILES string of the molecule is S=P(c1ccccc1)(c1ccccc1)c1cccc(-c2ccc3c(c2)Sc2cccc4c5ccccc5n-3c24)c1. The first-order chi connectivity index (χ1) is 19.7. The van der Waals surface area contributed by atoms with Crippen molar-refractivity contribution in [1.82, 2.24) is 4.57 Å². The van der Waals surface area contributed by atoms with Crippen LogP contribution < -0.4 is 15.9 Å². The van der Waals surface area contributed by atoms with Gasteiger partial charge in [-0.2, -0.15) is 0 Å². The molecule has 40 heavy (non-hydrogen) atoms. The maximum absolute atomic E-state index is 6.63. The summed E-state index contributed by atoms with van der Waals surface area (Å²) in [4.78, 5) is 2.57. The van der Waals surface area contributed by atoms with E-state index in [1.807, 2.05) is 11.8 Å². The first kappa shape index (κ1) is 24.0. The van der Waals surface area contributed by atoms with E-state index < -0.39 is 6.04 Å². The quantitative estimate of drug-likeness (QED) is 0.197. The molecule has 190 valence electrons. The lowest BCUT2D eigenvalue weighted by molar-refractivity contribution is 1.09. The van der Waals surface area contributed by atoms with E-state index in [0.29, 0.717) is 0 Å². The van der Waals surface area contributed by atoms with E-state index in [9.17, 15) is 0 Å².